The van der Waals surface area contributed by atoms with Crippen molar-refractivity contribution in [2.45, 2.75) is 28.8 Å². The number of thioether (sulfide) groups is 1. The van der Waals surface area contributed by atoms with E-state index in [0.29, 0.717) is 22.3 Å². The minimum absolute atomic E-state index is 0.0878. The number of alkyl halides is 3. The number of amides is 1. The predicted molar refractivity (Wildman–Crippen MR) is 113 cm³/mol. The Morgan fingerprint density at radius 3 is 2.52 bits per heavy atom. The molecule has 31 heavy (non-hydrogen) atoms. The molecule has 1 saturated heterocycles. The molecule has 1 fully saturated rings. The third-order valence-electron chi connectivity index (χ3n) is 4.70. The standard InChI is InChI=1S/C19H19ClF3N3O3S2/c20-17-16(6-3-9-24-17)31(28,29)26-10-7-13(8-11-26)18(27)25-14-4-1-2-5-15(14)30-12-19(21,22)23/h1-6,9,13H,7-8,10-12H2,(H,25,27). The van der Waals surface area contributed by atoms with Gasteiger partial charge in [-0.05, 0) is 37.1 Å². The molecular weight excluding hydrogens is 475 g/mol. The summed E-state index contributed by atoms with van der Waals surface area (Å²) in [6.07, 6.45) is -2.37. The number of rotatable bonds is 6. The lowest BCUT2D eigenvalue weighted by molar-refractivity contribution is -0.121. The molecule has 12 heteroatoms. The van der Waals surface area contributed by atoms with Crippen molar-refractivity contribution in [2.24, 2.45) is 5.92 Å². The minimum atomic E-state index is -4.32. The van der Waals surface area contributed by atoms with Crippen LogP contribution in [0.25, 0.3) is 0 Å². The van der Waals surface area contributed by atoms with Gasteiger partial charge in [0.25, 0.3) is 0 Å². The van der Waals surface area contributed by atoms with Gasteiger partial charge in [0.15, 0.2) is 0 Å². The van der Waals surface area contributed by atoms with Crippen LogP contribution in [0, 0.1) is 5.92 Å². The summed E-state index contributed by atoms with van der Waals surface area (Å²) >= 11 is 6.51. The van der Waals surface area contributed by atoms with Gasteiger partial charge in [-0.25, -0.2) is 13.4 Å². The quantitative estimate of drug-likeness (QED) is 0.476. The SMILES string of the molecule is O=C(Nc1ccccc1SCC(F)(F)F)C1CCN(S(=O)(=O)c2cccnc2Cl)CC1. The number of carbonyl (C=O) groups is 1. The summed E-state index contributed by atoms with van der Waals surface area (Å²) in [7, 11) is -3.83. The zero-order chi connectivity index (χ0) is 22.6. The second kappa shape index (κ2) is 9.76. The highest BCUT2D eigenvalue weighted by Crippen LogP contribution is 2.33. The topological polar surface area (TPSA) is 79.4 Å². The Morgan fingerprint density at radius 1 is 1.19 bits per heavy atom. The smallest absolute Gasteiger partial charge is 0.325 e. The van der Waals surface area contributed by atoms with Crippen LogP contribution in [0.4, 0.5) is 18.9 Å². The Morgan fingerprint density at radius 2 is 1.87 bits per heavy atom. The van der Waals surface area contributed by atoms with Crippen LogP contribution >= 0.6 is 23.4 Å². The monoisotopic (exact) mass is 493 g/mol. The first-order valence-electron chi connectivity index (χ1n) is 9.28. The fourth-order valence-corrected chi connectivity index (χ4v) is 5.82. The lowest BCUT2D eigenvalue weighted by Crippen LogP contribution is -2.41. The number of nitrogens with zero attached hydrogens (tertiary/aromatic N) is 2. The molecule has 6 nitrogen and oxygen atoms in total. The zero-order valence-corrected chi connectivity index (χ0v) is 18.5. The number of piperidine rings is 1. The van der Waals surface area contributed by atoms with Crippen molar-refractivity contribution in [3.63, 3.8) is 0 Å². The van der Waals surface area contributed by atoms with Crippen LogP contribution in [0.15, 0.2) is 52.4 Å². The van der Waals surface area contributed by atoms with E-state index in [1.807, 2.05) is 0 Å². The number of hydrogen-bond donors (Lipinski definition) is 1. The zero-order valence-electron chi connectivity index (χ0n) is 16.1. The molecule has 168 valence electrons. The van der Waals surface area contributed by atoms with Crippen molar-refractivity contribution in [1.82, 2.24) is 9.29 Å². The van der Waals surface area contributed by atoms with Crippen LogP contribution in [0.2, 0.25) is 5.15 Å². The normalized spacial score (nSPS) is 16.3. The molecule has 0 atom stereocenters. The lowest BCUT2D eigenvalue weighted by atomic mass is 9.97. The second-order valence-electron chi connectivity index (χ2n) is 6.86. The predicted octanol–water partition coefficient (Wildman–Crippen LogP) is 4.43. The Balaban J connectivity index is 1.62. The van der Waals surface area contributed by atoms with Crippen molar-refractivity contribution in [1.29, 1.82) is 0 Å². The summed E-state index contributed by atoms with van der Waals surface area (Å²) in [5, 5.41) is 2.57. The van der Waals surface area contributed by atoms with Crippen LogP contribution in [-0.4, -0.2) is 48.6 Å². The van der Waals surface area contributed by atoms with E-state index in [0.717, 1.165) is 0 Å². The van der Waals surface area contributed by atoms with E-state index in [4.69, 9.17) is 11.6 Å². The molecule has 1 aliphatic rings. The molecule has 0 radical (unpaired) electrons. The number of sulfonamides is 1. The van der Waals surface area contributed by atoms with E-state index in [-0.39, 0.29) is 41.9 Å². The lowest BCUT2D eigenvalue weighted by Gasteiger charge is -2.30. The van der Waals surface area contributed by atoms with Crippen LogP contribution < -0.4 is 5.32 Å². The number of benzene rings is 1. The number of aromatic nitrogens is 1. The summed E-state index contributed by atoms with van der Waals surface area (Å²) in [5.41, 5.74) is 0.305. The van der Waals surface area contributed by atoms with Crippen LogP contribution in [-0.2, 0) is 14.8 Å². The molecule has 0 spiro atoms. The van der Waals surface area contributed by atoms with E-state index in [9.17, 15) is 26.4 Å². The van der Waals surface area contributed by atoms with E-state index >= 15 is 0 Å². The Labute approximate surface area is 187 Å². The average molecular weight is 494 g/mol. The number of nitrogens with one attached hydrogen (secondary N) is 1. The first-order valence-corrected chi connectivity index (χ1v) is 12.1. The summed E-state index contributed by atoms with van der Waals surface area (Å²) < 4.78 is 64.4. The van der Waals surface area contributed by atoms with E-state index in [2.05, 4.69) is 10.3 Å². The van der Waals surface area contributed by atoms with Gasteiger partial charge in [-0.1, -0.05) is 23.7 Å². The molecule has 1 amide bonds. The highest BCUT2D eigenvalue weighted by atomic mass is 35.5. The van der Waals surface area contributed by atoms with Gasteiger partial charge in [-0.3, -0.25) is 4.79 Å². The first-order chi connectivity index (χ1) is 14.6. The first kappa shape index (κ1) is 23.8. The second-order valence-corrected chi connectivity index (χ2v) is 10.1. The van der Waals surface area contributed by atoms with E-state index in [1.54, 1.807) is 18.2 Å². The molecular formula is C19H19ClF3N3O3S2. The summed E-state index contributed by atoms with van der Waals surface area (Å²) in [4.78, 5) is 16.7. The summed E-state index contributed by atoms with van der Waals surface area (Å²) in [5.74, 6) is -1.87. The molecule has 0 bridgehead atoms. The molecule has 3 rings (SSSR count). The maximum Gasteiger partial charge on any atom is 0.398 e. The van der Waals surface area contributed by atoms with Gasteiger partial charge in [-0.2, -0.15) is 17.5 Å². The Bertz CT molecular complexity index is 1040. The van der Waals surface area contributed by atoms with Crippen LogP contribution in [0.5, 0.6) is 0 Å². The maximum absolute atomic E-state index is 12.8. The molecule has 0 saturated carbocycles. The number of halogens is 4. The molecule has 1 aromatic carbocycles. The van der Waals surface area contributed by atoms with E-state index < -0.39 is 27.9 Å². The highest BCUT2D eigenvalue weighted by Gasteiger charge is 2.34. The Kier molecular flexibility index (Phi) is 7.51. The average Bonchev–Trinajstić information content (AvgIpc) is 2.73. The third kappa shape index (κ3) is 6.12. The van der Waals surface area contributed by atoms with Crippen molar-refractivity contribution < 1.29 is 26.4 Å². The molecule has 0 aliphatic carbocycles. The van der Waals surface area contributed by atoms with Gasteiger partial charge < -0.3 is 5.32 Å². The van der Waals surface area contributed by atoms with Crippen LogP contribution in [0.1, 0.15) is 12.8 Å². The van der Waals surface area contributed by atoms with Gasteiger partial charge in [0.2, 0.25) is 15.9 Å². The van der Waals surface area contributed by atoms with Gasteiger partial charge in [0, 0.05) is 30.1 Å². The van der Waals surface area contributed by atoms with Crippen molar-refractivity contribution in [2.75, 3.05) is 24.2 Å². The fourth-order valence-electron chi connectivity index (χ4n) is 3.15. The van der Waals surface area contributed by atoms with Gasteiger partial charge in [-0.15, -0.1) is 11.8 Å². The molecule has 1 aliphatic heterocycles. The maximum atomic E-state index is 12.8. The number of carbonyl (C=O) groups excluding carboxylic acids is 1. The van der Waals surface area contributed by atoms with E-state index in [1.165, 1.54) is 28.7 Å². The molecule has 1 aromatic heterocycles. The molecule has 0 unspecified atom stereocenters. The molecule has 2 heterocycles. The molecule has 2 aromatic rings. The molecule has 1 N–H and O–H groups in total. The number of para-hydroxylation sites is 1. The van der Waals surface area contributed by atoms with Crippen molar-refractivity contribution in [3.8, 4) is 0 Å². The minimum Gasteiger partial charge on any atom is -0.325 e. The van der Waals surface area contributed by atoms with Crippen molar-refractivity contribution >= 4 is 45.0 Å². The fraction of sp³-hybridized carbons (Fsp3) is 0.368. The van der Waals surface area contributed by atoms with Gasteiger partial charge >= 0.3 is 6.18 Å². The van der Waals surface area contributed by atoms with Gasteiger partial charge in [0.05, 0.1) is 11.4 Å². The van der Waals surface area contributed by atoms with Gasteiger partial charge in [0.1, 0.15) is 10.0 Å². The summed E-state index contributed by atoms with van der Waals surface area (Å²) in [6.45, 7) is 0.242. The number of pyridine rings is 1. The number of hydrogen-bond acceptors (Lipinski definition) is 5. The largest absolute Gasteiger partial charge is 0.398 e. The van der Waals surface area contributed by atoms with Crippen molar-refractivity contribution in [3.05, 3.63) is 47.7 Å². The third-order valence-corrected chi connectivity index (χ3v) is 8.19. The summed E-state index contributed by atoms with van der Waals surface area (Å²) in [6, 6.07) is 9.13. The Hall–Kier alpha value is -1.82. The number of anilines is 1. The van der Waals surface area contributed by atoms with Crippen LogP contribution in [0.3, 0.4) is 0 Å². The highest BCUT2D eigenvalue weighted by molar-refractivity contribution is 7.99.